The summed E-state index contributed by atoms with van der Waals surface area (Å²) in [5.74, 6) is 0.376. The third-order valence-corrected chi connectivity index (χ3v) is 6.12. The van der Waals surface area contributed by atoms with E-state index in [1.165, 1.54) is 0 Å². The quantitative estimate of drug-likeness (QED) is 0.630. The Morgan fingerprint density at radius 1 is 1.18 bits per heavy atom. The van der Waals surface area contributed by atoms with Crippen LogP contribution in [0.5, 0.6) is 0 Å². The summed E-state index contributed by atoms with van der Waals surface area (Å²) < 4.78 is 0. The molecule has 150 valence electrons. The summed E-state index contributed by atoms with van der Waals surface area (Å²) in [6, 6.07) is 5.67. The van der Waals surface area contributed by atoms with Crippen molar-refractivity contribution in [2.45, 2.75) is 69.1 Å². The zero-order valence-corrected chi connectivity index (χ0v) is 16.0. The molecule has 0 bridgehead atoms. The molecule has 0 radical (unpaired) electrons. The predicted molar refractivity (Wildman–Crippen MR) is 107 cm³/mol. The van der Waals surface area contributed by atoms with E-state index in [0.717, 1.165) is 56.8 Å². The molecule has 7 heteroatoms. The highest BCUT2D eigenvalue weighted by molar-refractivity contribution is 5.98. The Morgan fingerprint density at radius 3 is 2.64 bits per heavy atom. The lowest BCUT2D eigenvalue weighted by Crippen LogP contribution is -2.49. The van der Waals surface area contributed by atoms with Gasteiger partial charge in [-0.25, -0.2) is 9.97 Å². The fraction of sp³-hybridized carbons (Fsp3) is 0.571. The third kappa shape index (κ3) is 4.10. The maximum absolute atomic E-state index is 12.7. The molecule has 2 aliphatic carbocycles. The van der Waals surface area contributed by atoms with E-state index >= 15 is 0 Å². The molecule has 1 aromatic carbocycles. The Labute approximate surface area is 164 Å². The standard InChI is InChI=1S/C21H28N4O3/c26-13-21(9-1-2-10-21)25-19(28)14-3-4-15-12-22-20(24-18(15)11-14)23-16-5-7-17(27)8-6-16/h3-4,11-12,16-17,26-27H,1-2,5-10,13H2,(H,25,28)(H,22,23,24)/t16-,17-. The molecule has 4 rings (SSSR count). The van der Waals surface area contributed by atoms with Crippen LogP contribution in [0.3, 0.4) is 0 Å². The van der Waals surface area contributed by atoms with Crippen LogP contribution in [0.4, 0.5) is 5.95 Å². The number of anilines is 1. The molecule has 1 aromatic heterocycles. The van der Waals surface area contributed by atoms with Crippen molar-refractivity contribution < 1.29 is 15.0 Å². The van der Waals surface area contributed by atoms with E-state index < -0.39 is 5.54 Å². The Bertz CT molecular complexity index is 843. The van der Waals surface area contributed by atoms with E-state index in [1.807, 2.05) is 6.07 Å². The van der Waals surface area contributed by atoms with Gasteiger partial charge in [-0.15, -0.1) is 0 Å². The predicted octanol–water partition coefficient (Wildman–Crippen LogP) is 2.38. The average molecular weight is 384 g/mol. The Morgan fingerprint density at radius 2 is 1.93 bits per heavy atom. The second-order valence-electron chi connectivity index (χ2n) is 8.22. The minimum atomic E-state index is -0.490. The first kappa shape index (κ1) is 19.1. The van der Waals surface area contributed by atoms with E-state index in [9.17, 15) is 15.0 Å². The van der Waals surface area contributed by atoms with Crippen LogP contribution in [0.1, 0.15) is 61.7 Å². The molecule has 4 N–H and O–H groups in total. The van der Waals surface area contributed by atoms with E-state index in [-0.39, 0.29) is 24.7 Å². The van der Waals surface area contributed by atoms with Gasteiger partial charge in [-0.05, 0) is 50.7 Å². The molecular weight excluding hydrogens is 356 g/mol. The molecular formula is C21H28N4O3. The normalized spacial score (nSPS) is 24.2. The number of nitrogens with zero attached hydrogens (tertiary/aromatic N) is 2. The van der Waals surface area contributed by atoms with Crippen LogP contribution < -0.4 is 10.6 Å². The molecule has 7 nitrogen and oxygen atoms in total. The average Bonchev–Trinajstić information content (AvgIpc) is 3.18. The van der Waals surface area contributed by atoms with Crippen LogP contribution in [-0.2, 0) is 0 Å². The molecule has 0 saturated heterocycles. The van der Waals surface area contributed by atoms with Gasteiger partial charge in [-0.1, -0.05) is 18.9 Å². The fourth-order valence-corrected chi connectivity index (χ4v) is 4.32. The fourth-order valence-electron chi connectivity index (χ4n) is 4.32. The van der Waals surface area contributed by atoms with Gasteiger partial charge in [0.05, 0.1) is 23.8 Å². The Balaban J connectivity index is 1.50. The van der Waals surface area contributed by atoms with Crippen molar-refractivity contribution in [3.63, 3.8) is 0 Å². The molecule has 28 heavy (non-hydrogen) atoms. The van der Waals surface area contributed by atoms with Crippen molar-refractivity contribution in [3.05, 3.63) is 30.0 Å². The van der Waals surface area contributed by atoms with E-state index in [1.54, 1.807) is 18.3 Å². The number of fused-ring (bicyclic) bond motifs is 1. The maximum atomic E-state index is 12.7. The number of carbonyl (C=O) groups excluding carboxylic acids is 1. The number of nitrogens with one attached hydrogen (secondary N) is 2. The largest absolute Gasteiger partial charge is 0.394 e. The first-order valence-electron chi connectivity index (χ1n) is 10.2. The molecule has 0 spiro atoms. The van der Waals surface area contributed by atoms with Crippen LogP contribution in [-0.4, -0.2) is 50.4 Å². The highest BCUT2D eigenvalue weighted by Crippen LogP contribution is 2.29. The first-order chi connectivity index (χ1) is 13.6. The van der Waals surface area contributed by atoms with Gasteiger partial charge >= 0.3 is 0 Å². The highest BCUT2D eigenvalue weighted by atomic mass is 16.3. The molecule has 0 atom stereocenters. The van der Waals surface area contributed by atoms with Gasteiger partial charge < -0.3 is 20.8 Å². The van der Waals surface area contributed by atoms with Crippen LogP contribution in [0.15, 0.2) is 24.4 Å². The Kier molecular flexibility index (Phi) is 5.46. The number of hydrogen-bond acceptors (Lipinski definition) is 6. The molecule has 2 fully saturated rings. The summed E-state index contributed by atoms with van der Waals surface area (Å²) in [6.45, 7) is -0.0291. The van der Waals surface area contributed by atoms with Crippen molar-refractivity contribution in [3.8, 4) is 0 Å². The topological polar surface area (TPSA) is 107 Å². The SMILES string of the molecule is O=C(NC1(CO)CCCC1)c1ccc2cnc(N[C@H]3CC[C@H](O)CC3)nc2c1. The molecule has 2 saturated carbocycles. The number of rotatable bonds is 5. The van der Waals surface area contributed by atoms with Crippen LogP contribution >= 0.6 is 0 Å². The lowest BCUT2D eigenvalue weighted by molar-refractivity contribution is 0.0838. The summed E-state index contributed by atoms with van der Waals surface area (Å²) in [7, 11) is 0. The molecule has 2 aliphatic rings. The van der Waals surface area contributed by atoms with Gasteiger partial charge in [0.2, 0.25) is 5.95 Å². The number of carbonyl (C=O) groups is 1. The maximum Gasteiger partial charge on any atom is 0.251 e. The van der Waals surface area contributed by atoms with Gasteiger partial charge in [0, 0.05) is 23.2 Å². The lowest BCUT2D eigenvalue weighted by Gasteiger charge is -2.28. The summed E-state index contributed by atoms with van der Waals surface area (Å²) in [6.07, 6.45) is 8.63. The molecule has 2 aromatic rings. The van der Waals surface area contributed by atoms with E-state index in [0.29, 0.717) is 17.0 Å². The molecule has 0 unspecified atom stereocenters. The lowest BCUT2D eigenvalue weighted by atomic mass is 9.93. The number of benzene rings is 1. The number of aliphatic hydroxyl groups is 2. The zero-order chi connectivity index (χ0) is 19.6. The highest BCUT2D eigenvalue weighted by Gasteiger charge is 2.34. The van der Waals surface area contributed by atoms with Crippen LogP contribution in [0.25, 0.3) is 10.9 Å². The summed E-state index contributed by atoms with van der Waals surface area (Å²) >= 11 is 0. The van der Waals surface area contributed by atoms with E-state index in [4.69, 9.17) is 0 Å². The van der Waals surface area contributed by atoms with Crippen molar-refractivity contribution in [2.24, 2.45) is 0 Å². The van der Waals surface area contributed by atoms with E-state index in [2.05, 4.69) is 20.6 Å². The van der Waals surface area contributed by atoms with Gasteiger partial charge in [0.15, 0.2) is 0 Å². The van der Waals surface area contributed by atoms with Gasteiger partial charge in [-0.2, -0.15) is 0 Å². The minimum Gasteiger partial charge on any atom is -0.394 e. The number of aliphatic hydroxyl groups excluding tert-OH is 2. The zero-order valence-electron chi connectivity index (χ0n) is 16.0. The number of aromatic nitrogens is 2. The van der Waals surface area contributed by atoms with Gasteiger partial charge in [0.1, 0.15) is 0 Å². The monoisotopic (exact) mass is 384 g/mol. The molecule has 0 aliphatic heterocycles. The smallest absolute Gasteiger partial charge is 0.251 e. The first-order valence-corrected chi connectivity index (χ1v) is 10.2. The molecule has 1 heterocycles. The molecule has 1 amide bonds. The Hall–Kier alpha value is -2.25. The number of amides is 1. The second kappa shape index (κ2) is 8.01. The van der Waals surface area contributed by atoms with Gasteiger partial charge in [0.25, 0.3) is 5.91 Å². The van der Waals surface area contributed by atoms with Crippen molar-refractivity contribution in [1.82, 2.24) is 15.3 Å². The van der Waals surface area contributed by atoms with Crippen molar-refractivity contribution in [2.75, 3.05) is 11.9 Å². The summed E-state index contributed by atoms with van der Waals surface area (Å²) in [5, 5.41) is 26.6. The van der Waals surface area contributed by atoms with Gasteiger partial charge in [-0.3, -0.25) is 4.79 Å². The van der Waals surface area contributed by atoms with Crippen molar-refractivity contribution in [1.29, 1.82) is 0 Å². The summed E-state index contributed by atoms with van der Waals surface area (Å²) in [4.78, 5) is 21.7. The van der Waals surface area contributed by atoms with Crippen molar-refractivity contribution >= 4 is 22.8 Å². The number of hydrogen-bond donors (Lipinski definition) is 4. The second-order valence-corrected chi connectivity index (χ2v) is 8.22. The third-order valence-electron chi connectivity index (χ3n) is 6.12. The summed E-state index contributed by atoms with van der Waals surface area (Å²) in [5.41, 5.74) is 0.763. The minimum absolute atomic E-state index is 0.0291. The van der Waals surface area contributed by atoms with Crippen LogP contribution in [0.2, 0.25) is 0 Å². The van der Waals surface area contributed by atoms with Crippen LogP contribution in [0, 0.1) is 0 Å².